The Hall–Kier alpha value is -1.75. The van der Waals surface area contributed by atoms with E-state index < -0.39 is 0 Å². The average molecular weight is 289 g/mol. The van der Waals surface area contributed by atoms with E-state index >= 15 is 0 Å². The second-order valence-corrected chi connectivity index (χ2v) is 5.80. The quantitative estimate of drug-likeness (QED) is 0.818. The maximum Gasteiger partial charge on any atom is 0.243 e. The molecule has 4 nitrogen and oxygen atoms in total. The third-order valence-corrected chi connectivity index (χ3v) is 4.08. The molecule has 112 valence electrons. The molecule has 1 saturated carbocycles. The van der Waals surface area contributed by atoms with E-state index in [9.17, 15) is 4.39 Å². The van der Waals surface area contributed by atoms with Crippen molar-refractivity contribution >= 4 is 0 Å². The Morgan fingerprint density at radius 1 is 1.33 bits per heavy atom. The molecule has 1 aromatic carbocycles. The lowest BCUT2D eigenvalue weighted by atomic mass is 10.1. The van der Waals surface area contributed by atoms with Crippen molar-refractivity contribution in [3.8, 4) is 0 Å². The number of hydrogen-bond acceptors (Lipinski definition) is 4. The first-order valence-electron chi connectivity index (χ1n) is 7.41. The van der Waals surface area contributed by atoms with Gasteiger partial charge in [-0.25, -0.2) is 4.39 Å². The monoisotopic (exact) mass is 289 g/mol. The van der Waals surface area contributed by atoms with Gasteiger partial charge in [0.25, 0.3) is 0 Å². The lowest BCUT2D eigenvalue weighted by molar-refractivity contribution is 0.211. The van der Waals surface area contributed by atoms with Crippen LogP contribution in [-0.4, -0.2) is 28.6 Å². The Morgan fingerprint density at radius 2 is 2.05 bits per heavy atom. The first-order chi connectivity index (χ1) is 10.1. The van der Waals surface area contributed by atoms with Crippen molar-refractivity contribution in [3.05, 3.63) is 47.4 Å². The summed E-state index contributed by atoms with van der Waals surface area (Å²) >= 11 is 0. The van der Waals surface area contributed by atoms with Gasteiger partial charge in [0.2, 0.25) is 5.89 Å². The molecule has 1 aliphatic rings. The SMILES string of the molecule is C[C@@H](c1nc(C2CC2)no1)N(C)CCc1ccc(F)cc1. The van der Waals surface area contributed by atoms with Gasteiger partial charge in [0, 0.05) is 12.5 Å². The molecule has 1 atom stereocenters. The Kier molecular flexibility index (Phi) is 4.01. The average Bonchev–Trinajstić information content (AvgIpc) is 3.23. The highest BCUT2D eigenvalue weighted by Gasteiger charge is 2.30. The number of halogens is 1. The molecule has 0 unspecified atom stereocenters. The molecule has 0 N–H and O–H groups in total. The summed E-state index contributed by atoms with van der Waals surface area (Å²) in [7, 11) is 2.04. The van der Waals surface area contributed by atoms with Crippen molar-refractivity contribution in [3.63, 3.8) is 0 Å². The number of likely N-dealkylation sites (N-methyl/N-ethyl adjacent to an activating group) is 1. The van der Waals surface area contributed by atoms with Crippen LogP contribution in [-0.2, 0) is 6.42 Å². The zero-order valence-corrected chi connectivity index (χ0v) is 12.4. The minimum absolute atomic E-state index is 0.0884. The number of nitrogens with zero attached hydrogens (tertiary/aromatic N) is 3. The fourth-order valence-electron chi connectivity index (χ4n) is 2.26. The second-order valence-electron chi connectivity index (χ2n) is 5.80. The van der Waals surface area contributed by atoms with Gasteiger partial charge in [-0.15, -0.1) is 0 Å². The van der Waals surface area contributed by atoms with Gasteiger partial charge in [-0.05, 0) is 50.9 Å². The van der Waals surface area contributed by atoms with Crippen LogP contribution in [0.2, 0.25) is 0 Å². The van der Waals surface area contributed by atoms with Gasteiger partial charge >= 0.3 is 0 Å². The molecule has 0 radical (unpaired) electrons. The van der Waals surface area contributed by atoms with Crippen LogP contribution in [0.4, 0.5) is 4.39 Å². The molecule has 0 saturated heterocycles. The second kappa shape index (κ2) is 5.93. The third kappa shape index (κ3) is 3.47. The first-order valence-corrected chi connectivity index (χ1v) is 7.41. The predicted molar refractivity (Wildman–Crippen MR) is 77.4 cm³/mol. The Bertz CT molecular complexity index is 592. The number of rotatable bonds is 6. The van der Waals surface area contributed by atoms with Crippen LogP contribution in [0, 0.1) is 5.82 Å². The van der Waals surface area contributed by atoms with E-state index in [0.717, 1.165) is 24.4 Å². The van der Waals surface area contributed by atoms with Crippen molar-refractivity contribution < 1.29 is 8.91 Å². The van der Waals surface area contributed by atoms with Crippen LogP contribution in [0.3, 0.4) is 0 Å². The van der Waals surface area contributed by atoms with Gasteiger partial charge in [0.15, 0.2) is 5.82 Å². The number of benzene rings is 1. The summed E-state index contributed by atoms with van der Waals surface area (Å²) < 4.78 is 18.2. The molecule has 1 heterocycles. The molecular formula is C16H20FN3O. The van der Waals surface area contributed by atoms with Crippen LogP contribution in [0.1, 0.15) is 49.0 Å². The summed E-state index contributed by atoms with van der Waals surface area (Å²) in [4.78, 5) is 6.66. The predicted octanol–water partition coefficient (Wildman–Crippen LogP) is 3.32. The largest absolute Gasteiger partial charge is 0.338 e. The molecule has 1 aliphatic carbocycles. The number of hydrogen-bond donors (Lipinski definition) is 0. The van der Waals surface area contributed by atoms with E-state index in [4.69, 9.17) is 4.52 Å². The van der Waals surface area contributed by atoms with Crippen molar-refractivity contribution in [2.75, 3.05) is 13.6 Å². The molecule has 5 heteroatoms. The van der Waals surface area contributed by atoms with Crippen LogP contribution < -0.4 is 0 Å². The maximum atomic E-state index is 12.9. The maximum absolute atomic E-state index is 12.9. The molecule has 0 amide bonds. The highest BCUT2D eigenvalue weighted by atomic mass is 19.1. The third-order valence-electron chi connectivity index (χ3n) is 4.08. The normalized spacial score (nSPS) is 16.4. The smallest absolute Gasteiger partial charge is 0.243 e. The number of aromatic nitrogens is 2. The fraction of sp³-hybridized carbons (Fsp3) is 0.500. The minimum Gasteiger partial charge on any atom is -0.338 e. The van der Waals surface area contributed by atoms with E-state index in [1.807, 2.05) is 19.2 Å². The summed E-state index contributed by atoms with van der Waals surface area (Å²) in [6, 6.07) is 6.74. The summed E-state index contributed by atoms with van der Waals surface area (Å²) in [5.41, 5.74) is 1.12. The Balaban J connectivity index is 1.55. The van der Waals surface area contributed by atoms with Crippen LogP contribution in [0.25, 0.3) is 0 Å². The van der Waals surface area contributed by atoms with Crippen molar-refractivity contribution in [1.82, 2.24) is 15.0 Å². The van der Waals surface area contributed by atoms with E-state index in [-0.39, 0.29) is 11.9 Å². The van der Waals surface area contributed by atoms with E-state index in [0.29, 0.717) is 11.8 Å². The lowest BCUT2D eigenvalue weighted by Gasteiger charge is -2.21. The van der Waals surface area contributed by atoms with Crippen molar-refractivity contribution in [2.24, 2.45) is 0 Å². The summed E-state index contributed by atoms with van der Waals surface area (Å²) in [5.74, 6) is 1.85. The topological polar surface area (TPSA) is 42.2 Å². The van der Waals surface area contributed by atoms with Gasteiger partial charge in [-0.1, -0.05) is 17.3 Å². The summed E-state index contributed by atoms with van der Waals surface area (Å²) in [6.07, 6.45) is 3.21. The lowest BCUT2D eigenvalue weighted by Crippen LogP contribution is -2.25. The van der Waals surface area contributed by atoms with Gasteiger partial charge in [0.05, 0.1) is 6.04 Å². The molecule has 0 bridgehead atoms. The van der Waals surface area contributed by atoms with Gasteiger partial charge in [-0.2, -0.15) is 4.98 Å². The molecule has 21 heavy (non-hydrogen) atoms. The molecule has 0 aliphatic heterocycles. The van der Waals surface area contributed by atoms with Gasteiger partial charge in [-0.3, -0.25) is 4.90 Å². The highest BCUT2D eigenvalue weighted by molar-refractivity contribution is 5.16. The van der Waals surface area contributed by atoms with E-state index in [2.05, 4.69) is 22.0 Å². The fourth-order valence-corrected chi connectivity index (χ4v) is 2.26. The molecule has 3 rings (SSSR count). The van der Waals surface area contributed by atoms with Gasteiger partial charge < -0.3 is 4.52 Å². The molecule has 1 aromatic heterocycles. The van der Waals surface area contributed by atoms with Gasteiger partial charge in [0.1, 0.15) is 5.82 Å². The van der Waals surface area contributed by atoms with Crippen LogP contribution in [0.5, 0.6) is 0 Å². The van der Waals surface area contributed by atoms with Crippen molar-refractivity contribution in [2.45, 2.75) is 38.1 Å². The molecule has 2 aromatic rings. The molecular weight excluding hydrogens is 269 g/mol. The van der Waals surface area contributed by atoms with E-state index in [1.165, 1.54) is 25.0 Å². The summed E-state index contributed by atoms with van der Waals surface area (Å²) in [5, 5.41) is 4.06. The van der Waals surface area contributed by atoms with Crippen molar-refractivity contribution in [1.29, 1.82) is 0 Å². The first kappa shape index (κ1) is 14.2. The van der Waals surface area contributed by atoms with Crippen LogP contribution in [0.15, 0.2) is 28.8 Å². The summed E-state index contributed by atoms with van der Waals surface area (Å²) in [6.45, 7) is 2.92. The minimum atomic E-state index is -0.195. The zero-order chi connectivity index (χ0) is 14.8. The Labute approximate surface area is 124 Å². The van der Waals surface area contributed by atoms with E-state index in [1.54, 1.807) is 0 Å². The highest BCUT2D eigenvalue weighted by Crippen LogP contribution is 2.38. The Morgan fingerprint density at radius 3 is 2.71 bits per heavy atom. The molecule has 0 spiro atoms. The molecule has 1 fully saturated rings. The zero-order valence-electron chi connectivity index (χ0n) is 12.4. The van der Waals surface area contributed by atoms with Crippen LogP contribution >= 0.6 is 0 Å². The standard InChI is InChI=1S/C16H20FN3O/c1-11(16-18-15(19-21-16)13-5-6-13)20(2)10-9-12-3-7-14(17)8-4-12/h3-4,7-8,11,13H,5-6,9-10H2,1-2H3/t11-/m0/s1.